The number of halogens is 3. The first-order valence-electron chi connectivity index (χ1n) is 51.5. The Labute approximate surface area is 874 Å². The third kappa shape index (κ3) is 19.9. The number of rotatable bonds is 16. The van der Waals surface area contributed by atoms with E-state index in [-0.39, 0.29) is 67.9 Å². The average Bonchev–Trinajstić information content (AvgIpc) is 1.57. The van der Waals surface area contributed by atoms with E-state index < -0.39 is 0 Å². The standard InChI is InChI=1S/C23H25N3O.C18H15N3O.2C16H19N3O.C15H15Br2N3O.C15H16FN3O.C15H15N3O/c1-5-18-21(15(2)3)24-23-25(14-17-9-7-6-8-10-17)20-13-16(4)11-12-19(20)26(23)22(18)27;1-2-13-16(12-8-4-3-5-9-12)20-18-19-14-10-6-7-11-15(14)21(18)17(13)22;1-5-10-13(16(2,3)4)18-15-17-11-8-6-7-9-12(11)19(15)14(10)20;1-4-11-13(9-10(2)3)18-16-17-12-7-5-6-8-14(12)19(16)15(11)20;1-4-8-13(7(2)3)19-15-18-11-5-9(16)10(17)6-12(11)20(15)14(8)21;1-4-10-13(8(2)3)18-15-17-11-7-9(16)5-6-12(11)19(15)14(10)20;1-2-10-13(9-7-8-9)17-15-16-11-5-3-4-6-12(11)18(15)14(10)19/h6-13,15H,5,14H2,1-4H3;3-11H,2H2,1H3,(H,19,20);6-9H,5H2,1-4H3,(H,17,18);5-8,10H,4,9H2,1-3H3,(H,17,18);5-7H,4H2,1-3H3,(H,18,19);5-8H,4H2,1-3H3,(H,17,18);3-6,9H,2,7-8H2,1H3,(H,16,17). The molecule has 1 fully saturated rings. The summed E-state index contributed by atoms with van der Waals surface area (Å²) in [5, 5.41) is 0. The Bertz CT molecular complexity index is 9560. The fourth-order valence-electron chi connectivity index (χ4n) is 20.3. The van der Waals surface area contributed by atoms with Crippen molar-refractivity contribution < 1.29 is 4.39 Å². The van der Waals surface area contributed by atoms with Crippen LogP contribution in [-0.2, 0) is 63.3 Å². The van der Waals surface area contributed by atoms with Gasteiger partial charge in [-0.25, -0.2) is 70.1 Å². The highest BCUT2D eigenvalue weighted by atomic mass is 79.9. The van der Waals surface area contributed by atoms with Crippen LogP contribution in [0.15, 0.2) is 249 Å². The quantitative estimate of drug-likeness (QED) is 0.0524. The number of benzene rings is 9. The third-order valence-electron chi connectivity index (χ3n) is 27.6. The molecule has 14 aromatic heterocycles. The molecule has 764 valence electrons. The monoisotopic (exact) mass is 2120 g/mol. The summed E-state index contributed by atoms with van der Waals surface area (Å²) in [6, 6.07) is 65.6. The Morgan fingerprint density at radius 1 is 0.362 bits per heavy atom. The maximum atomic E-state index is 13.4. The Morgan fingerprint density at radius 3 is 1.30 bits per heavy atom. The minimum absolute atomic E-state index is 0.00352. The first-order valence-corrected chi connectivity index (χ1v) is 53.1. The Kier molecular flexibility index (Phi) is 29.8. The molecule has 0 atom stereocenters. The summed E-state index contributed by atoms with van der Waals surface area (Å²) in [7, 11) is 0. The Hall–Kier alpha value is -15.4. The van der Waals surface area contributed by atoms with Crippen molar-refractivity contribution in [2.45, 2.75) is 231 Å². The van der Waals surface area contributed by atoms with Crippen LogP contribution in [0.4, 0.5) is 4.39 Å². The summed E-state index contributed by atoms with van der Waals surface area (Å²) in [5.74, 6) is 5.68. The Morgan fingerprint density at radius 2 is 0.779 bits per heavy atom. The lowest BCUT2D eigenvalue weighted by Gasteiger charge is -2.21. The van der Waals surface area contributed by atoms with Crippen LogP contribution in [0.5, 0.6) is 0 Å². The van der Waals surface area contributed by atoms with E-state index in [1.54, 1.807) is 32.5 Å². The second-order valence-electron chi connectivity index (χ2n) is 40.3. The maximum Gasteiger partial charge on any atom is 0.263 e. The molecule has 24 rings (SSSR count). The molecule has 0 bridgehead atoms. The van der Waals surface area contributed by atoms with Gasteiger partial charge in [-0.05, 0) is 229 Å². The summed E-state index contributed by atoms with van der Waals surface area (Å²) >= 11 is 6.96. The van der Waals surface area contributed by atoms with Crippen LogP contribution in [0.1, 0.15) is 245 Å². The largest absolute Gasteiger partial charge is 0.328 e. The number of para-hydroxylation sites is 8. The molecule has 0 unspecified atom stereocenters. The zero-order valence-corrected chi connectivity index (χ0v) is 90.7. The van der Waals surface area contributed by atoms with Gasteiger partial charge in [0.15, 0.2) is 0 Å². The molecule has 0 radical (unpaired) electrons. The number of H-pyrrole nitrogens is 6. The number of imidazole rings is 7. The number of nitrogens with one attached hydrogen (secondary N) is 6. The molecule has 149 heavy (non-hydrogen) atoms. The lowest BCUT2D eigenvalue weighted by Crippen LogP contribution is -2.27. The van der Waals surface area contributed by atoms with Gasteiger partial charge >= 0.3 is 0 Å². The molecule has 0 amide bonds. The van der Waals surface area contributed by atoms with Gasteiger partial charge in [-0.15, -0.1) is 0 Å². The summed E-state index contributed by atoms with van der Waals surface area (Å²) in [4.78, 5) is 142. The predicted molar refractivity (Wildman–Crippen MR) is 605 cm³/mol. The molecule has 0 aliphatic heterocycles. The zero-order chi connectivity index (χ0) is 106. The Balaban J connectivity index is 0.000000114. The van der Waals surface area contributed by atoms with Crippen molar-refractivity contribution in [3.63, 3.8) is 0 Å². The normalized spacial score (nSPS) is 12.3. The second-order valence-corrected chi connectivity index (χ2v) is 42.0. The molecule has 0 saturated heterocycles. The minimum Gasteiger partial charge on any atom is -0.328 e. The summed E-state index contributed by atoms with van der Waals surface area (Å²) in [6.45, 7) is 39.9. The number of hydrogen-bond acceptors (Lipinski definition) is 14. The molecule has 6 N–H and O–H groups in total. The number of aromatic amines is 6. The van der Waals surface area contributed by atoms with E-state index in [1.807, 2.05) is 226 Å². The molecule has 0 spiro atoms. The van der Waals surface area contributed by atoms with E-state index in [0.717, 1.165) is 185 Å². The fourth-order valence-corrected chi connectivity index (χ4v) is 21.0. The highest BCUT2D eigenvalue weighted by molar-refractivity contribution is 9.13. The number of hydrogen-bond donors (Lipinski definition) is 6. The van der Waals surface area contributed by atoms with Crippen LogP contribution in [0.3, 0.4) is 0 Å². The first kappa shape index (κ1) is 104. The molecule has 1 aliphatic rings. The summed E-state index contributed by atoms with van der Waals surface area (Å²) < 4.78 is 29.0. The van der Waals surface area contributed by atoms with E-state index in [0.29, 0.717) is 96.2 Å². The molecule has 14 heterocycles. The molecule has 28 nitrogen and oxygen atoms in total. The minimum atomic E-state index is -0.354. The number of aromatic nitrogens is 21. The number of nitrogens with zero attached hydrogens (tertiary/aromatic N) is 15. The van der Waals surface area contributed by atoms with Crippen molar-refractivity contribution in [2.24, 2.45) is 5.92 Å². The van der Waals surface area contributed by atoms with Crippen LogP contribution in [0.25, 0.3) is 129 Å². The molecule has 31 heteroatoms. The van der Waals surface area contributed by atoms with E-state index in [1.165, 1.54) is 40.5 Å². The molecule has 23 aromatic rings. The van der Waals surface area contributed by atoms with Crippen LogP contribution in [-0.4, -0.2) is 100 Å². The number of fused-ring (bicyclic) bond motifs is 21. The van der Waals surface area contributed by atoms with Gasteiger partial charge in [-0.1, -0.05) is 240 Å². The van der Waals surface area contributed by atoms with Gasteiger partial charge in [-0.3, -0.25) is 33.6 Å². The zero-order valence-electron chi connectivity index (χ0n) is 87.5. The lowest BCUT2D eigenvalue weighted by atomic mass is 9.88. The second kappa shape index (κ2) is 42.8. The SMILES string of the molecule is CCc1c(-c2ccccc2)nc2[nH]c3ccccc3n2c1=O.CCc1c(C(C)(C)C)[nH]c2nc3ccccc3n2c1=O.CCc1c(C(C)C)[nH]c2nc3cc(Br)c(Br)cc3n2c1=O.CCc1c(C(C)C)[nH]c2nc3cc(F)ccc3n2c1=O.CCc1c(C(C)C)nc2n(Cc3ccccc3)c3cc(C)ccc3n2c1=O.CCc1c(C2CC2)[nH]c2nc3ccccc3n2c1=O.CCc1c(CC(C)C)[nH]c2nc3ccccc3n2c1=O. The van der Waals surface area contributed by atoms with Crippen molar-refractivity contribution >= 4 is 150 Å². The van der Waals surface area contributed by atoms with E-state index >= 15 is 0 Å². The van der Waals surface area contributed by atoms with Crippen molar-refractivity contribution in [3.8, 4) is 11.3 Å². The smallest absolute Gasteiger partial charge is 0.263 e. The number of aryl methyl sites for hydroxylation is 1. The molecular formula is C118H124Br2FN21O7. The van der Waals surface area contributed by atoms with Crippen molar-refractivity contribution in [1.82, 2.24) is 100 Å². The topological polar surface area (TPSA) is 340 Å². The molecular weight excluding hydrogens is 2000 g/mol. The highest BCUT2D eigenvalue weighted by Gasteiger charge is 2.31. The van der Waals surface area contributed by atoms with Gasteiger partial charge in [-0.2, -0.15) is 0 Å². The first-order chi connectivity index (χ1) is 71.6. The van der Waals surface area contributed by atoms with Gasteiger partial charge in [0.25, 0.3) is 38.9 Å². The van der Waals surface area contributed by atoms with Crippen LogP contribution in [0.2, 0.25) is 0 Å². The molecule has 1 aliphatic carbocycles. The van der Waals surface area contributed by atoms with Gasteiger partial charge in [0.2, 0.25) is 40.4 Å². The van der Waals surface area contributed by atoms with Crippen molar-refractivity contribution in [2.75, 3.05) is 0 Å². The van der Waals surface area contributed by atoms with Crippen molar-refractivity contribution in [3.05, 3.63) is 378 Å². The van der Waals surface area contributed by atoms with Gasteiger partial charge < -0.3 is 34.5 Å². The summed E-state index contributed by atoms with van der Waals surface area (Å²) in [6.07, 6.45) is 8.15. The molecule has 9 aromatic carbocycles. The maximum absolute atomic E-state index is 13.4. The van der Waals surface area contributed by atoms with E-state index in [9.17, 15) is 38.0 Å². The fraction of sp³-hybridized carbons (Fsp3) is 0.305. The predicted octanol–water partition coefficient (Wildman–Crippen LogP) is 24.1. The van der Waals surface area contributed by atoms with Crippen LogP contribution in [0, 0.1) is 18.7 Å². The van der Waals surface area contributed by atoms with E-state index in [2.05, 4.69) is 185 Å². The summed E-state index contributed by atoms with van der Waals surface area (Å²) in [5.41, 5.74) is 27.5. The van der Waals surface area contributed by atoms with Crippen molar-refractivity contribution in [1.29, 1.82) is 0 Å². The average molecular weight is 2130 g/mol. The highest BCUT2D eigenvalue weighted by Crippen LogP contribution is 2.41. The van der Waals surface area contributed by atoms with Crippen LogP contribution >= 0.6 is 31.9 Å². The van der Waals surface area contributed by atoms with Gasteiger partial charge in [0, 0.05) is 93.4 Å². The van der Waals surface area contributed by atoms with Crippen LogP contribution < -0.4 is 38.9 Å². The lowest BCUT2D eigenvalue weighted by molar-refractivity contribution is 0.558. The molecule has 1 saturated carbocycles. The van der Waals surface area contributed by atoms with Gasteiger partial charge in [0.05, 0.1) is 95.2 Å². The van der Waals surface area contributed by atoms with E-state index in [4.69, 9.17) is 9.97 Å². The third-order valence-corrected chi connectivity index (χ3v) is 29.4. The van der Waals surface area contributed by atoms with Gasteiger partial charge in [0.1, 0.15) is 5.82 Å².